The molecule has 0 aliphatic rings. The van der Waals surface area contributed by atoms with E-state index in [4.69, 9.17) is 14.2 Å². The molecule has 8 nitrogen and oxygen atoms in total. The zero-order chi connectivity index (χ0) is 23.6. The summed E-state index contributed by atoms with van der Waals surface area (Å²) < 4.78 is 33.9. The van der Waals surface area contributed by atoms with Gasteiger partial charge in [-0.25, -0.2) is 9.18 Å². The van der Waals surface area contributed by atoms with Crippen LogP contribution in [0.25, 0.3) is 5.69 Å². The Kier molecular flexibility index (Phi) is 10.3. The average molecular weight is 453 g/mol. The lowest BCUT2D eigenvalue weighted by molar-refractivity contribution is 0.0543. The normalized spacial score (nSPS) is 13.3. The lowest BCUT2D eigenvalue weighted by Crippen LogP contribution is -2.26. The molecule has 9 heteroatoms. The maximum atomic E-state index is 15.4. The van der Waals surface area contributed by atoms with Gasteiger partial charge in [0.25, 0.3) is 0 Å². The van der Waals surface area contributed by atoms with Crippen molar-refractivity contribution in [1.29, 1.82) is 0 Å². The fourth-order valence-electron chi connectivity index (χ4n) is 3.92. The van der Waals surface area contributed by atoms with Gasteiger partial charge in [0.05, 0.1) is 19.8 Å². The highest BCUT2D eigenvalue weighted by atomic mass is 19.1. The van der Waals surface area contributed by atoms with Gasteiger partial charge in [-0.15, -0.1) is 0 Å². The summed E-state index contributed by atoms with van der Waals surface area (Å²) >= 11 is 0. The number of hydrogen-bond acceptors (Lipinski definition) is 6. The maximum Gasteiger partial charge on any atom is 0.368 e. The largest absolute Gasteiger partial charge is 0.489 e. The van der Waals surface area contributed by atoms with E-state index < -0.39 is 5.69 Å². The fraction of sp³-hybridized carbons (Fsp3) is 0.696. The Balaban J connectivity index is 2.41. The summed E-state index contributed by atoms with van der Waals surface area (Å²) in [4.78, 5) is 12.6. The molecule has 0 aliphatic carbocycles. The van der Waals surface area contributed by atoms with Crippen LogP contribution in [-0.2, 0) is 21.9 Å². The number of methoxy groups -OCH3 is 1. The fourth-order valence-corrected chi connectivity index (χ4v) is 3.92. The molecule has 0 bridgehead atoms. The van der Waals surface area contributed by atoms with Crippen molar-refractivity contribution in [1.82, 2.24) is 19.8 Å². The minimum absolute atomic E-state index is 0.202. The maximum absolute atomic E-state index is 15.4. The number of aromatic nitrogens is 4. The molecule has 0 spiro atoms. The number of halogens is 1. The number of aryl methyl sites for hydroxylation is 1. The average Bonchev–Trinajstić information content (AvgIpc) is 3.09. The van der Waals surface area contributed by atoms with Gasteiger partial charge in [-0.3, -0.25) is 0 Å². The lowest BCUT2D eigenvalue weighted by Gasteiger charge is -2.31. The van der Waals surface area contributed by atoms with Crippen molar-refractivity contribution in [3.8, 4) is 11.4 Å². The highest BCUT2D eigenvalue weighted by Gasteiger charge is 2.30. The van der Waals surface area contributed by atoms with Crippen LogP contribution in [0.2, 0.25) is 0 Å². The van der Waals surface area contributed by atoms with E-state index in [-0.39, 0.29) is 23.6 Å². The molecule has 180 valence electrons. The first kappa shape index (κ1) is 26.0. The molecule has 1 aromatic carbocycles. The quantitative estimate of drug-likeness (QED) is 0.383. The standard InChI is InChI=1S/C23H37FN4O4/c1-6-8-9-11-23(3,10-7-2)18-16-20(28-22(29)27(4)25-26-28)21(17-19(18)24)32-15-14-31-13-12-30-5/h16-17H,6-15H2,1-5H3. The van der Waals surface area contributed by atoms with E-state index in [0.717, 1.165) is 47.9 Å². The Morgan fingerprint density at radius 1 is 1.03 bits per heavy atom. The van der Waals surface area contributed by atoms with Crippen molar-refractivity contribution in [2.45, 2.75) is 64.7 Å². The molecular weight excluding hydrogens is 415 g/mol. The number of tetrazole rings is 1. The third kappa shape index (κ3) is 6.62. The third-order valence-corrected chi connectivity index (χ3v) is 5.70. The third-order valence-electron chi connectivity index (χ3n) is 5.70. The van der Waals surface area contributed by atoms with E-state index >= 15 is 4.39 Å². The molecule has 1 heterocycles. The van der Waals surface area contributed by atoms with Crippen LogP contribution in [0.5, 0.6) is 5.75 Å². The van der Waals surface area contributed by atoms with Crippen molar-refractivity contribution < 1.29 is 18.6 Å². The van der Waals surface area contributed by atoms with Crippen LogP contribution in [0.3, 0.4) is 0 Å². The van der Waals surface area contributed by atoms with E-state index in [1.165, 1.54) is 13.1 Å². The van der Waals surface area contributed by atoms with Gasteiger partial charge in [-0.1, -0.05) is 46.5 Å². The molecule has 0 fully saturated rings. The number of hydrogen-bond donors (Lipinski definition) is 0. The van der Waals surface area contributed by atoms with Crippen molar-refractivity contribution in [2.24, 2.45) is 7.05 Å². The van der Waals surface area contributed by atoms with E-state index in [0.29, 0.717) is 31.1 Å². The highest BCUT2D eigenvalue weighted by Crippen LogP contribution is 2.39. The molecule has 0 amide bonds. The van der Waals surface area contributed by atoms with E-state index in [2.05, 4.69) is 31.2 Å². The first-order valence-corrected chi connectivity index (χ1v) is 11.4. The number of ether oxygens (including phenoxy) is 3. The Morgan fingerprint density at radius 2 is 1.78 bits per heavy atom. The number of rotatable bonds is 15. The summed E-state index contributed by atoms with van der Waals surface area (Å²) in [6.07, 6.45) is 5.86. The summed E-state index contributed by atoms with van der Waals surface area (Å²) in [6.45, 7) is 7.79. The summed E-state index contributed by atoms with van der Waals surface area (Å²) in [5, 5.41) is 7.76. The number of nitrogens with zero attached hydrogens (tertiary/aromatic N) is 4. The highest BCUT2D eigenvalue weighted by molar-refractivity contribution is 5.50. The topological polar surface area (TPSA) is 80.4 Å². The van der Waals surface area contributed by atoms with E-state index in [1.807, 2.05) is 0 Å². The molecule has 0 saturated carbocycles. The Morgan fingerprint density at radius 3 is 2.41 bits per heavy atom. The van der Waals surface area contributed by atoms with Crippen LogP contribution in [0.15, 0.2) is 16.9 Å². The molecule has 2 aromatic rings. The minimum atomic E-state index is -0.424. The van der Waals surface area contributed by atoms with Crippen molar-refractivity contribution >= 4 is 0 Å². The van der Waals surface area contributed by atoms with Crippen molar-refractivity contribution in [2.75, 3.05) is 33.5 Å². The zero-order valence-corrected chi connectivity index (χ0v) is 20.0. The van der Waals surface area contributed by atoms with Gasteiger partial charge in [0.1, 0.15) is 23.9 Å². The van der Waals surface area contributed by atoms with Crippen LogP contribution < -0.4 is 10.4 Å². The van der Waals surface area contributed by atoms with Crippen LogP contribution in [-0.4, -0.2) is 53.3 Å². The first-order valence-electron chi connectivity index (χ1n) is 11.4. The monoisotopic (exact) mass is 452 g/mol. The lowest BCUT2D eigenvalue weighted by atomic mass is 9.74. The smallest absolute Gasteiger partial charge is 0.368 e. The van der Waals surface area contributed by atoms with Gasteiger partial charge in [0, 0.05) is 20.2 Å². The SMILES string of the molecule is CCCCCC(C)(CCC)c1cc(-n2nnn(C)c2=O)c(OCCOCCOC)cc1F. The van der Waals surface area contributed by atoms with E-state index in [1.54, 1.807) is 13.2 Å². The molecule has 0 saturated heterocycles. The van der Waals surface area contributed by atoms with Crippen LogP contribution in [0.4, 0.5) is 4.39 Å². The van der Waals surface area contributed by atoms with Gasteiger partial charge in [-0.05, 0) is 40.3 Å². The predicted octanol–water partition coefficient (Wildman–Crippen LogP) is 3.79. The van der Waals surface area contributed by atoms with Crippen LogP contribution in [0.1, 0.15) is 64.9 Å². The Labute approximate surface area is 189 Å². The Bertz CT molecular complexity index is 899. The predicted molar refractivity (Wildman–Crippen MR) is 121 cm³/mol. The molecule has 0 radical (unpaired) electrons. The van der Waals surface area contributed by atoms with Gasteiger partial charge in [-0.2, -0.15) is 9.36 Å². The Hall–Kier alpha value is -2.26. The second-order valence-corrected chi connectivity index (χ2v) is 8.32. The summed E-state index contributed by atoms with van der Waals surface area (Å²) in [5.41, 5.74) is 0.184. The van der Waals surface area contributed by atoms with Crippen LogP contribution >= 0.6 is 0 Å². The molecule has 1 unspecified atom stereocenters. The van der Waals surface area contributed by atoms with Crippen molar-refractivity contribution in [3.05, 3.63) is 34.0 Å². The van der Waals surface area contributed by atoms with Crippen molar-refractivity contribution in [3.63, 3.8) is 0 Å². The molecule has 0 N–H and O–H groups in total. The summed E-state index contributed by atoms with van der Waals surface area (Å²) in [6, 6.07) is 3.06. The van der Waals surface area contributed by atoms with E-state index in [9.17, 15) is 4.79 Å². The number of unbranched alkanes of at least 4 members (excludes halogenated alkanes) is 2. The van der Waals surface area contributed by atoms with Crippen LogP contribution in [0, 0.1) is 5.82 Å². The molecular formula is C23H37FN4O4. The zero-order valence-electron chi connectivity index (χ0n) is 20.0. The molecule has 1 aromatic heterocycles. The number of benzene rings is 1. The molecule has 32 heavy (non-hydrogen) atoms. The summed E-state index contributed by atoms with van der Waals surface area (Å²) in [7, 11) is 3.12. The molecule has 0 aliphatic heterocycles. The van der Waals surface area contributed by atoms with Gasteiger partial charge in [0.2, 0.25) is 0 Å². The second-order valence-electron chi connectivity index (χ2n) is 8.32. The van der Waals surface area contributed by atoms with Gasteiger partial charge < -0.3 is 14.2 Å². The minimum Gasteiger partial charge on any atom is -0.489 e. The van der Waals surface area contributed by atoms with Gasteiger partial charge >= 0.3 is 5.69 Å². The molecule has 2 rings (SSSR count). The summed E-state index contributed by atoms with van der Waals surface area (Å²) in [5.74, 6) is -0.106. The second kappa shape index (κ2) is 12.7. The first-order chi connectivity index (χ1) is 15.4. The van der Waals surface area contributed by atoms with Gasteiger partial charge in [0.15, 0.2) is 0 Å². The molecule has 1 atom stereocenters.